The highest BCUT2D eigenvalue weighted by molar-refractivity contribution is 5.86. The van der Waals surface area contributed by atoms with Gasteiger partial charge in [0.15, 0.2) is 0 Å². The molecule has 1 aromatic carbocycles. The summed E-state index contributed by atoms with van der Waals surface area (Å²) in [6, 6.07) is 7.51. The first kappa shape index (κ1) is 29.5. The van der Waals surface area contributed by atoms with Crippen molar-refractivity contribution in [1.82, 2.24) is 9.80 Å². The van der Waals surface area contributed by atoms with Gasteiger partial charge in [0.2, 0.25) is 0 Å². The van der Waals surface area contributed by atoms with Crippen molar-refractivity contribution in [2.45, 2.75) is 39.0 Å². The largest absolute Gasteiger partial charge is 0.491 e. The van der Waals surface area contributed by atoms with Crippen molar-refractivity contribution in [3.05, 3.63) is 36.9 Å². The Labute approximate surface area is 200 Å². The number of hydrogen-bond donors (Lipinski definition) is 1. The summed E-state index contributed by atoms with van der Waals surface area (Å²) < 4.78 is 11.2. The number of carbonyl (C=O) groups is 1. The average Bonchev–Trinajstić information content (AvgIpc) is 2.73. The van der Waals surface area contributed by atoms with Crippen LogP contribution in [0.25, 0.3) is 0 Å². The molecule has 1 aliphatic heterocycles. The number of para-hydroxylation sites is 2. The van der Waals surface area contributed by atoms with E-state index < -0.39 is 6.09 Å². The molecule has 1 heterocycles. The van der Waals surface area contributed by atoms with Gasteiger partial charge in [-0.05, 0) is 18.6 Å². The zero-order valence-electron chi connectivity index (χ0n) is 18.7. The van der Waals surface area contributed by atoms with Gasteiger partial charge in [0.25, 0.3) is 0 Å². The molecular formula is C23H39Cl2N3O3. The minimum atomic E-state index is -0.436. The van der Waals surface area contributed by atoms with Crippen LogP contribution in [0.1, 0.15) is 39.0 Å². The van der Waals surface area contributed by atoms with Crippen molar-refractivity contribution >= 4 is 36.6 Å². The highest BCUT2D eigenvalue weighted by atomic mass is 35.5. The van der Waals surface area contributed by atoms with Crippen molar-refractivity contribution in [2.24, 2.45) is 0 Å². The SMILES string of the molecule is C=CCN1CCN(CCOC(=O)Nc2ccccc2OCCCCCCC)CC1.Cl.Cl. The number of carbonyl (C=O) groups excluding carboxylic acids is 1. The Morgan fingerprint density at radius 3 is 2.42 bits per heavy atom. The van der Waals surface area contributed by atoms with E-state index in [9.17, 15) is 4.79 Å². The predicted octanol–water partition coefficient (Wildman–Crippen LogP) is 5.23. The maximum atomic E-state index is 12.2. The van der Waals surface area contributed by atoms with Crippen LogP contribution in [0, 0.1) is 0 Å². The number of benzene rings is 1. The molecule has 1 fully saturated rings. The monoisotopic (exact) mass is 475 g/mol. The van der Waals surface area contributed by atoms with Crippen LogP contribution in [0.5, 0.6) is 5.75 Å². The van der Waals surface area contributed by atoms with E-state index in [1.807, 2.05) is 30.3 Å². The number of anilines is 1. The molecule has 0 aromatic heterocycles. The molecule has 0 saturated carbocycles. The normalized spacial score (nSPS) is 14.1. The minimum absolute atomic E-state index is 0. The Bertz CT molecular complexity index is 611. The van der Waals surface area contributed by atoms with E-state index in [1.54, 1.807) is 0 Å². The zero-order chi connectivity index (χ0) is 20.7. The summed E-state index contributed by atoms with van der Waals surface area (Å²) in [5.41, 5.74) is 0.657. The van der Waals surface area contributed by atoms with Gasteiger partial charge in [-0.1, -0.05) is 50.8 Å². The van der Waals surface area contributed by atoms with Crippen molar-refractivity contribution in [3.8, 4) is 5.75 Å². The van der Waals surface area contributed by atoms with Crippen LogP contribution in [-0.2, 0) is 4.74 Å². The van der Waals surface area contributed by atoms with Gasteiger partial charge in [0, 0.05) is 39.3 Å². The van der Waals surface area contributed by atoms with Gasteiger partial charge in [0.1, 0.15) is 12.4 Å². The summed E-state index contributed by atoms with van der Waals surface area (Å²) in [6.07, 6.45) is 7.46. The van der Waals surface area contributed by atoms with Crippen LogP contribution < -0.4 is 10.1 Å². The van der Waals surface area contributed by atoms with E-state index in [1.165, 1.54) is 25.7 Å². The fourth-order valence-corrected chi connectivity index (χ4v) is 3.38. The Hall–Kier alpha value is -1.47. The number of nitrogens with one attached hydrogen (secondary N) is 1. The molecular weight excluding hydrogens is 437 g/mol. The molecule has 8 heteroatoms. The fraction of sp³-hybridized carbons (Fsp3) is 0.609. The van der Waals surface area contributed by atoms with E-state index in [2.05, 4.69) is 28.6 Å². The first-order valence-electron chi connectivity index (χ1n) is 10.9. The number of hydrogen-bond acceptors (Lipinski definition) is 5. The predicted molar refractivity (Wildman–Crippen MR) is 133 cm³/mol. The van der Waals surface area contributed by atoms with Gasteiger partial charge in [0.05, 0.1) is 12.3 Å². The van der Waals surface area contributed by atoms with Crippen LogP contribution in [0.2, 0.25) is 0 Å². The Morgan fingerprint density at radius 1 is 1.03 bits per heavy atom. The molecule has 0 aliphatic carbocycles. The number of amides is 1. The molecule has 0 spiro atoms. The van der Waals surface area contributed by atoms with Gasteiger partial charge in [-0.25, -0.2) is 4.79 Å². The Morgan fingerprint density at radius 2 is 1.71 bits per heavy atom. The van der Waals surface area contributed by atoms with Crippen molar-refractivity contribution in [3.63, 3.8) is 0 Å². The van der Waals surface area contributed by atoms with Gasteiger partial charge in [-0.2, -0.15) is 0 Å². The summed E-state index contributed by atoms with van der Waals surface area (Å²) in [7, 11) is 0. The third-order valence-corrected chi connectivity index (χ3v) is 5.12. The quantitative estimate of drug-likeness (QED) is 0.312. The first-order valence-corrected chi connectivity index (χ1v) is 10.9. The number of piperazine rings is 1. The minimum Gasteiger partial charge on any atom is -0.491 e. The standard InChI is InChI=1S/C23H37N3O3.2ClH/c1-3-5-6-7-10-19-28-22-12-9-8-11-21(22)24-23(27)29-20-18-26-16-14-25(13-4-2)15-17-26;;/h4,8-9,11-12H,2-3,5-7,10,13-20H2,1H3,(H,24,27);2*1H. The van der Waals surface area contributed by atoms with Crippen LogP contribution in [0.3, 0.4) is 0 Å². The van der Waals surface area contributed by atoms with E-state index >= 15 is 0 Å². The molecule has 178 valence electrons. The summed E-state index contributed by atoms with van der Waals surface area (Å²) in [5, 5.41) is 2.81. The maximum absolute atomic E-state index is 12.2. The molecule has 1 N–H and O–H groups in total. The lowest BCUT2D eigenvalue weighted by atomic mass is 10.2. The van der Waals surface area contributed by atoms with Crippen LogP contribution in [0.4, 0.5) is 10.5 Å². The van der Waals surface area contributed by atoms with E-state index in [0.717, 1.165) is 45.7 Å². The van der Waals surface area contributed by atoms with Crippen LogP contribution >= 0.6 is 24.8 Å². The summed E-state index contributed by atoms with van der Waals surface area (Å²) in [6.45, 7) is 12.8. The second-order valence-electron chi connectivity index (χ2n) is 7.45. The third kappa shape index (κ3) is 12.2. The third-order valence-electron chi connectivity index (χ3n) is 5.12. The molecule has 0 unspecified atom stereocenters. The van der Waals surface area contributed by atoms with Crippen LogP contribution in [-0.4, -0.2) is 68.4 Å². The second-order valence-corrected chi connectivity index (χ2v) is 7.45. The van der Waals surface area contributed by atoms with E-state index in [0.29, 0.717) is 24.7 Å². The molecule has 6 nitrogen and oxygen atoms in total. The maximum Gasteiger partial charge on any atom is 0.411 e. The Kier molecular flexibility index (Phi) is 17.3. The van der Waals surface area contributed by atoms with E-state index in [-0.39, 0.29) is 24.8 Å². The van der Waals surface area contributed by atoms with Gasteiger partial charge < -0.3 is 9.47 Å². The number of ether oxygens (including phenoxy) is 2. The molecule has 0 radical (unpaired) electrons. The number of halogens is 2. The van der Waals surface area contributed by atoms with Crippen LogP contribution in [0.15, 0.2) is 36.9 Å². The van der Waals surface area contributed by atoms with Gasteiger partial charge in [-0.15, -0.1) is 31.4 Å². The molecule has 2 rings (SSSR count). The lowest BCUT2D eigenvalue weighted by Crippen LogP contribution is -2.47. The average molecular weight is 476 g/mol. The summed E-state index contributed by atoms with van der Waals surface area (Å²) in [5.74, 6) is 0.693. The number of rotatable bonds is 13. The second kappa shape index (κ2) is 18.1. The molecule has 0 bridgehead atoms. The molecule has 1 amide bonds. The van der Waals surface area contributed by atoms with Gasteiger partial charge in [-0.3, -0.25) is 15.1 Å². The fourth-order valence-electron chi connectivity index (χ4n) is 3.38. The smallest absolute Gasteiger partial charge is 0.411 e. The van der Waals surface area contributed by atoms with Gasteiger partial charge >= 0.3 is 6.09 Å². The highest BCUT2D eigenvalue weighted by Gasteiger charge is 2.16. The summed E-state index contributed by atoms with van der Waals surface area (Å²) >= 11 is 0. The topological polar surface area (TPSA) is 54.0 Å². The first-order chi connectivity index (χ1) is 14.2. The number of nitrogens with zero attached hydrogens (tertiary/aromatic N) is 2. The lowest BCUT2D eigenvalue weighted by molar-refractivity contribution is 0.105. The molecule has 0 atom stereocenters. The highest BCUT2D eigenvalue weighted by Crippen LogP contribution is 2.24. The molecule has 1 saturated heterocycles. The van der Waals surface area contributed by atoms with E-state index in [4.69, 9.17) is 9.47 Å². The Balaban J connectivity index is 0.00000450. The molecule has 1 aromatic rings. The number of unbranched alkanes of at least 4 members (excludes halogenated alkanes) is 4. The lowest BCUT2D eigenvalue weighted by Gasteiger charge is -2.33. The molecule has 1 aliphatic rings. The zero-order valence-corrected chi connectivity index (χ0v) is 20.4. The molecule has 31 heavy (non-hydrogen) atoms. The van der Waals surface area contributed by atoms with Crippen molar-refractivity contribution < 1.29 is 14.3 Å². The van der Waals surface area contributed by atoms with Crippen molar-refractivity contribution in [2.75, 3.05) is 57.8 Å². The van der Waals surface area contributed by atoms with Crippen molar-refractivity contribution in [1.29, 1.82) is 0 Å². The summed E-state index contributed by atoms with van der Waals surface area (Å²) in [4.78, 5) is 16.9.